The lowest BCUT2D eigenvalue weighted by Crippen LogP contribution is -2.17. The predicted octanol–water partition coefficient (Wildman–Crippen LogP) is 4.93. The molecule has 0 spiro atoms. The Kier molecular flexibility index (Phi) is 4.81. The molecule has 1 N–H and O–H groups in total. The van der Waals surface area contributed by atoms with Crippen LogP contribution in [0.4, 0.5) is 5.82 Å². The molecule has 2 heterocycles. The lowest BCUT2D eigenvalue weighted by molar-refractivity contribution is -0.115. The van der Waals surface area contributed by atoms with E-state index in [2.05, 4.69) is 26.3 Å². The first kappa shape index (κ1) is 17.5. The summed E-state index contributed by atoms with van der Waals surface area (Å²) in [7, 11) is 0. The van der Waals surface area contributed by atoms with E-state index in [-0.39, 0.29) is 12.3 Å². The van der Waals surface area contributed by atoms with E-state index < -0.39 is 0 Å². The minimum absolute atomic E-state index is 0.101. The fourth-order valence-electron chi connectivity index (χ4n) is 3.01. The highest BCUT2D eigenvalue weighted by atomic mass is 79.9. The molecule has 0 atom stereocenters. The van der Waals surface area contributed by atoms with Crippen LogP contribution in [0.2, 0.25) is 0 Å². The smallest absolute Gasteiger partial charge is 0.230 e. The van der Waals surface area contributed by atoms with Crippen molar-refractivity contribution in [2.45, 2.75) is 19.9 Å². The van der Waals surface area contributed by atoms with Crippen LogP contribution < -0.4 is 5.32 Å². The molecular formula is C21H18BrN3O2. The first-order chi connectivity index (χ1) is 13.1. The van der Waals surface area contributed by atoms with E-state index in [1.807, 2.05) is 49.4 Å². The van der Waals surface area contributed by atoms with E-state index in [1.54, 1.807) is 23.2 Å². The summed E-state index contributed by atoms with van der Waals surface area (Å²) in [5.74, 6) is 0.572. The van der Waals surface area contributed by atoms with Gasteiger partial charge in [-0.1, -0.05) is 40.2 Å². The summed E-state index contributed by atoms with van der Waals surface area (Å²) in [5.41, 5.74) is 3.91. The van der Waals surface area contributed by atoms with Crippen molar-refractivity contribution in [1.29, 1.82) is 0 Å². The molecule has 6 heteroatoms. The zero-order valence-corrected chi connectivity index (χ0v) is 16.4. The predicted molar refractivity (Wildman–Crippen MR) is 109 cm³/mol. The maximum atomic E-state index is 12.5. The molecule has 4 aromatic rings. The first-order valence-corrected chi connectivity index (χ1v) is 9.40. The summed E-state index contributed by atoms with van der Waals surface area (Å²) in [6.07, 6.45) is 3.59. The van der Waals surface area contributed by atoms with Gasteiger partial charge in [0.2, 0.25) is 5.91 Å². The highest BCUT2D eigenvalue weighted by Crippen LogP contribution is 2.23. The van der Waals surface area contributed by atoms with Crippen molar-refractivity contribution in [2.24, 2.45) is 0 Å². The lowest BCUT2D eigenvalue weighted by Gasteiger charge is -2.09. The molecule has 2 aromatic heterocycles. The van der Waals surface area contributed by atoms with Gasteiger partial charge in [-0.25, -0.2) is 4.68 Å². The normalized spacial score (nSPS) is 11.0. The number of fused-ring (bicyclic) bond motifs is 1. The number of carbonyl (C=O) groups excluding carboxylic acids is 1. The molecule has 1 amide bonds. The van der Waals surface area contributed by atoms with E-state index >= 15 is 0 Å². The van der Waals surface area contributed by atoms with E-state index in [0.29, 0.717) is 12.4 Å². The number of anilines is 1. The summed E-state index contributed by atoms with van der Waals surface area (Å²) in [5, 5.41) is 8.23. The standard InChI is InChI=1S/C21H18BrN3O2/c1-14-2-7-18-16(13-27-19(18)10-14)11-21(26)24-20-8-9-23-25(20)12-15-3-5-17(22)6-4-15/h2-10,13H,11-12H2,1H3,(H,24,26). The molecule has 0 unspecified atom stereocenters. The van der Waals surface area contributed by atoms with Crippen LogP contribution in [-0.4, -0.2) is 15.7 Å². The monoisotopic (exact) mass is 423 g/mol. The second kappa shape index (κ2) is 7.40. The second-order valence-corrected chi connectivity index (χ2v) is 7.40. The molecule has 0 aliphatic rings. The molecule has 0 aliphatic carbocycles. The summed E-state index contributed by atoms with van der Waals surface area (Å²) in [6, 6.07) is 15.8. The fraction of sp³-hybridized carbons (Fsp3) is 0.143. The van der Waals surface area contributed by atoms with E-state index in [9.17, 15) is 4.79 Å². The molecule has 0 bridgehead atoms. The summed E-state index contributed by atoms with van der Waals surface area (Å²) < 4.78 is 8.38. The van der Waals surface area contributed by atoms with Crippen molar-refractivity contribution in [3.05, 3.63) is 82.2 Å². The van der Waals surface area contributed by atoms with Gasteiger partial charge in [-0.05, 0) is 36.2 Å². The van der Waals surface area contributed by atoms with Crippen LogP contribution in [0.25, 0.3) is 11.0 Å². The summed E-state index contributed by atoms with van der Waals surface area (Å²) >= 11 is 3.43. The number of furan rings is 1. The third kappa shape index (κ3) is 3.95. The minimum atomic E-state index is -0.101. The number of nitrogens with zero attached hydrogens (tertiary/aromatic N) is 2. The van der Waals surface area contributed by atoms with Crippen LogP contribution in [0, 0.1) is 6.92 Å². The second-order valence-electron chi connectivity index (χ2n) is 6.49. The van der Waals surface area contributed by atoms with Crippen molar-refractivity contribution < 1.29 is 9.21 Å². The van der Waals surface area contributed by atoms with E-state index in [1.165, 1.54) is 0 Å². The maximum Gasteiger partial charge on any atom is 0.230 e. The zero-order chi connectivity index (χ0) is 18.8. The quantitative estimate of drug-likeness (QED) is 0.494. The van der Waals surface area contributed by atoms with E-state index in [0.717, 1.165) is 32.1 Å². The lowest BCUT2D eigenvalue weighted by atomic mass is 10.1. The molecule has 0 aliphatic heterocycles. The Morgan fingerprint density at radius 3 is 2.81 bits per heavy atom. The Hall–Kier alpha value is -2.86. The van der Waals surface area contributed by atoms with E-state index in [4.69, 9.17) is 4.42 Å². The topological polar surface area (TPSA) is 60.1 Å². The van der Waals surface area contributed by atoms with Crippen molar-refractivity contribution in [1.82, 2.24) is 9.78 Å². The number of hydrogen-bond acceptors (Lipinski definition) is 3. The van der Waals surface area contributed by atoms with Gasteiger partial charge < -0.3 is 9.73 Å². The van der Waals surface area contributed by atoms with Gasteiger partial charge in [-0.2, -0.15) is 5.10 Å². The first-order valence-electron chi connectivity index (χ1n) is 8.61. The number of nitrogens with one attached hydrogen (secondary N) is 1. The molecule has 0 saturated carbocycles. The van der Waals surface area contributed by atoms with Gasteiger partial charge in [-0.15, -0.1) is 0 Å². The highest BCUT2D eigenvalue weighted by Gasteiger charge is 2.13. The number of benzene rings is 2. The number of carbonyl (C=O) groups is 1. The highest BCUT2D eigenvalue weighted by molar-refractivity contribution is 9.10. The van der Waals surface area contributed by atoms with Crippen molar-refractivity contribution in [3.63, 3.8) is 0 Å². The Balaban J connectivity index is 1.47. The van der Waals surface area contributed by atoms with Crippen LogP contribution >= 0.6 is 15.9 Å². The maximum absolute atomic E-state index is 12.5. The Morgan fingerprint density at radius 1 is 1.19 bits per heavy atom. The fourth-order valence-corrected chi connectivity index (χ4v) is 3.28. The van der Waals surface area contributed by atoms with Crippen LogP contribution in [0.5, 0.6) is 0 Å². The largest absolute Gasteiger partial charge is 0.464 e. The van der Waals surface area contributed by atoms with Crippen LogP contribution in [0.1, 0.15) is 16.7 Å². The number of hydrogen-bond donors (Lipinski definition) is 1. The van der Waals surface area contributed by atoms with Gasteiger partial charge in [0.25, 0.3) is 0 Å². The van der Waals surface area contributed by atoms with Crippen LogP contribution in [0.15, 0.2) is 69.9 Å². The third-order valence-corrected chi connectivity index (χ3v) is 4.92. The van der Waals surface area contributed by atoms with Crippen LogP contribution in [-0.2, 0) is 17.8 Å². The number of aromatic nitrogens is 2. The van der Waals surface area contributed by atoms with Gasteiger partial charge in [-0.3, -0.25) is 4.79 Å². The molecule has 0 saturated heterocycles. The Morgan fingerprint density at radius 2 is 2.00 bits per heavy atom. The number of aryl methyl sites for hydroxylation is 1. The molecule has 2 aromatic carbocycles. The number of rotatable bonds is 5. The average Bonchev–Trinajstić information content (AvgIpc) is 3.24. The summed E-state index contributed by atoms with van der Waals surface area (Å²) in [6.45, 7) is 2.60. The van der Waals surface area contributed by atoms with Gasteiger partial charge in [0.1, 0.15) is 11.4 Å². The number of amides is 1. The third-order valence-electron chi connectivity index (χ3n) is 4.39. The summed E-state index contributed by atoms with van der Waals surface area (Å²) in [4.78, 5) is 12.5. The van der Waals surface area contributed by atoms with Gasteiger partial charge >= 0.3 is 0 Å². The molecule has 5 nitrogen and oxygen atoms in total. The number of halogens is 1. The Labute approximate surface area is 165 Å². The molecule has 0 fully saturated rings. The van der Waals surface area contributed by atoms with Gasteiger partial charge in [0, 0.05) is 21.5 Å². The SMILES string of the molecule is Cc1ccc2c(CC(=O)Nc3ccnn3Cc3ccc(Br)cc3)coc2c1. The Bertz CT molecular complexity index is 1100. The van der Waals surface area contributed by atoms with Gasteiger partial charge in [0.05, 0.1) is 25.4 Å². The van der Waals surface area contributed by atoms with Crippen molar-refractivity contribution in [3.8, 4) is 0 Å². The average molecular weight is 424 g/mol. The molecule has 27 heavy (non-hydrogen) atoms. The minimum Gasteiger partial charge on any atom is -0.464 e. The molecule has 4 rings (SSSR count). The molecular weight excluding hydrogens is 406 g/mol. The van der Waals surface area contributed by atoms with Crippen molar-refractivity contribution >= 4 is 38.6 Å². The van der Waals surface area contributed by atoms with Crippen molar-refractivity contribution in [2.75, 3.05) is 5.32 Å². The molecule has 136 valence electrons. The molecule has 0 radical (unpaired) electrons. The van der Waals surface area contributed by atoms with Crippen LogP contribution in [0.3, 0.4) is 0 Å². The van der Waals surface area contributed by atoms with Gasteiger partial charge in [0.15, 0.2) is 0 Å². The zero-order valence-electron chi connectivity index (χ0n) is 14.8.